The number of rotatable bonds is 4. The van der Waals surface area contributed by atoms with E-state index >= 15 is 0 Å². The van der Waals surface area contributed by atoms with E-state index < -0.39 is 15.9 Å². The van der Waals surface area contributed by atoms with Crippen LogP contribution in [-0.4, -0.2) is 24.0 Å². The molecule has 126 valence electrons. The number of thiazole rings is 1. The van der Waals surface area contributed by atoms with Gasteiger partial charge in [-0.3, -0.25) is 9.59 Å². The first-order valence-corrected chi connectivity index (χ1v) is 9.24. The van der Waals surface area contributed by atoms with Crippen molar-refractivity contribution in [3.8, 4) is 0 Å². The fourth-order valence-electron chi connectivity index (χ4n) is 2.10. The second-order valence-electron chi connectivity index (χ2n) is 5.03. The van der Waals surface area contributed by atoms with Crippen molar-refractivity contribution in [3.63, 3.8) is 0 Å². The van der Waals surface area contributed by atoms with Crippen molar-refractivity contribution in [2.75, 3.05) is 0 Å². The zero-order chi connectivity index (χ0) is 17.5. The van der Waals surface area contributed by atoms with Crippen LogP contribution in [0.1, 0.15) is 23.2 Å². The molecule has 8 nitrogen and oxygen atoms in total. The summed E-state index contributed by atoms with van der Waals surface area (Å²) in [5, 5.41) is 3.65. The highest BCUT2D eigenvalue weighted by molar-refractivity contribution is 7.90. The Morgan fingerprint density at radius 2 is 2.12 bits per heavy atom. The van der Waals surface area contributed by atoms with Crippen molar-refractivity contribution in [3.05, 3.63) is 45.4 Å². The Bertz CT molecular complexity index is 1090. The smallest absolute Gasteiger partial charge is 0.307 e. The summed E-state index contributed by atoms with van der Waals surface area (Å²) < 4.78 is 33.4. The molecule has 0 bridgehead atoms. The van der Waals surface area contributed by atoms with Gasteiger partial charge in [0.1, 0.15) is 0 Å². The number of carbonyl (C=O) groups excluding carboxylic acids is 1. The van der Waals surface area contributed by atoms with Gasteiger partial charge in [0.25, 0.3) is 10.0 Å². The van der Waals surface area contributed by atoms with Crippen LogP contribution < -0.4 is 9.60 Å². The van der Waals surface area contributed by atoms with Crippen molar-refractivity contribution < 1.29 is 17.7 Å². The molecule has 1 N–H and O–H groups in total. The Balaban J connectivity index is 1.92. The lowest BCUT2D eigenvalue weighted by molar-refractivity contribution is 0.0945. The molecular formula is C14H13N3O5S2. The lowest BCUT2D eigenvalue weighted by Crippen LogP contribution is -2.30. The van der Waals surface area contributed by atoms with E-state index in [1.54, 1.807) is 7.05 Å². The molecule has 0 aliphatic heterocycles. The summed E-state index contributed by atoms with van der Waals surface area (Å²) in [6, 6.07) is 5.60. The minimum absolute atomic E-state index is 0.111. The number of hydrogen-bond acceptors (Lipinski definition) is 7. The Hall–Kier alpha value is -2.46. The molecule has 0 radical (unpaired) electrons. The number of benzene rings is 1. The summed E-state index contributed by atoms with van der Waals surface area (Å²) >= 11 is 0.932. The van der Waals surface area contributed by atoms with Crippen molar-refractivity contribution in [2.45, 2.75) is 18.2 Å². The number of fused-ring (bicyclic) bond motifs is 1. The van der Waals surface area contributed by atoms with Crippen LogP contribution in [0.3, 0.4) is 0 Å². The molecule has 1 amide bonds. The van der Waals surface area contributed by atoms with Crippen LogP contribution in [0.15, 0.2) is 38.5 Å². The number of nitrogens with zero attached hydrogens (tertiary/aromatic N) is 2. The first-order valence-electron chi connectivity index (χ1n) is 6.94. The molecule has 10 heteroatoms. The molecule has 0 spiro atoms. The molecule has 0 fully saturated rings. The topological polar surface area (TPSA) is 111 Å². The average Bonchev–Trinajstić information content (AvgIpc) is 3.12. The standard InChI is InChI=1S/C14H13N3O5S2/c1-3-8-6-11(22-15-8)13(18)16-24(20,21)9-4-5-10-12(7-9)23-14(19)17(10)2/h4-7H,3H2,1-2H3,(H,16,18). The van der Waals surface area contributed by atoms with Crippen LogP contribution in [0.25, 0.3) is 10.2 Å². The fourth-order valence-corrected chi connectivity index (χ4v) is 4.07. The first-order chi connectivity index (χ1) is 11.3. The minimum Gasteiger partial charge on any atom is -0.351 e. The van der Waals surface area contributed by atoms with Gasteiger partial charge in [0.05, 0.1) is 20.8 Å². The molecule has 2 heterocycles. The quantitative estimate of drug-likeness (QED) is 0.743. The molecule has 3 rings (SSSR count). The normalized spacial score (nSPS) is 11.8. The Morgan fingerprint density at radius 3 is 2.79 bits per heavy atom. The van der Waals surface area contributed by atoms with Gasteiger partial charge in [0.2, 0.25) is 5.76 Å². The summed E-state index contributed by atoms with van der Waals surface area (Å²) in [4.78, 5) is 23.3. The number of nitrogens with one attached hydrogen (secondary N) is 1. The minimum atomic E-state index is -4.09. The molecule has 1 aromatic carbocycles. The van der Waals surface area contributed by atoms with Gasteiger partial charge in [-0.25, -0.2) is 13.1 Å². The monoisotopic (exact) mass is 367 g/mol. The second-order valence-corrected chi connectivity index (χ2v) is 7.70. The highest BCUT2D eigenvalue weighted by Crippen LogP contribution is 2.21. The van der Waals surface area contributed by atoms with Crippen LogP contribution in [0.2, 0.25) is 0 Å². The van der Waals surface area contributed by atoms with E-state index in [9.17, 15) is 18.0 Å². The lowest BCUT2D eigenvalue weighted by atomic mass is 10.3. The first kappa shape index (κ1) is 16.4. The van der Waals surface area contributed by atoms with Crippen LogP contribution in [0.5, 0.6) is 0 Å². The number of aryl methyl sites for hydroxylation is 2. The summed E-state index contributed by atoms with van der Waals surface area (Å²) in [5.41, 5.74) is 1.17. The lowest BCUT2D eigenvalue weighted by Gasteiger charge is -2.05. The highest BCUT2D eigenvalue weighted by atomic mass is 32.2. The maximum atomic E-state index is 12.4. The zero-order valence-corrected chi connectivity index (χ0v) is 14.4. The Labute approximate surface area is 140 Å². The molecule has 0 aliphatic rings. The number of sulfonamides is 1. The van der Waals surface area contributed by atoms with E-state index in [2.05, 4.69) is 5.16 Å². The van der Waals surface area contributed by atoms with Gasteiger partial charge in [-0.2, -0.15) is 0 Å². The van der Waals surface area contributed by atoms with E-state index in [0.29, 0.717) is 22.3 Å². The van der Waals surface area contributed by atoms with Crippen molar-refractivity contribution in [1.29, 1.82) is 0 Å². The van der Waals surface area contributed by atoms with E-state index in [1.807, 2.05) is 11.6 Å². The molecule has 2 aromatic heterocycles. The Kier molecular flexibility index (Phi) is 4.01. The third-order valence-electron chi connectivity index (χ3n) is 3.45. The number of hydrogen-bond donors (Lipinski definition) is 1. The van der Waals surface area contributed by atoms with E-state index in [0.717, 1.165) is 11.3 Å². The van der Waals surface area contributed by atoms with Gasteiger partial charge >= 0.3 is 10.8 Å². The number of amides is 1. The summed E-state index contributed by atoms with van der Waals surface area (Å²) in [5.74, 6) is -1.08. The number of carbonyl (C=O) groups is 1. The molecule has 3 aromatic rings. The summed E-state index contributed by atoms with van der Waals surface area (Å²) in [6.07, 6.45) is 0.563. The van der Waals surface area contributed by atoms with Crippen LogP contribution in [0.4, 0.5) is 0 Å². The largest absolute Gasteiger partial charge is 0.351 e. The summed E-state index contributed by atoms with van der Waals surface area (Å²) in [6.45, 7) is 1.83. The molecular weight excluding hydrogens is 354 g/mol. The Morgan fingerprint density at radius 1 is 1.38 bits per heavy atom. The third-order valence-corrected chi connectivity index (χ3v) is 5.77. The van der Waals surface area contributed by atoms with Crippen LogP contribution in [0, 0.1) is 0 Å². The highest BCUT2D eigenvalue weighted by Gasteiger charge is 2.22. The van der Waals surface area contributed by atoms with Crippen molar-refractivity contribution >= 4 is 37.5 Å². The van der Waals surface area contributed by atoms with Gasteiger partial charge in [-0.05, 0) is 24.6 Å². The average molecular weight is 367 g/mol. The zero-order valence-electron chi connectivity index (χ0n) is 12.8. The fraction of sp³-hybridized carbons (Fsp3) is 0.214. The maximum absolute atomic E-state index is 12.4. The van der Waals surface area contributed by atoms with Gasteiger partial charge in [-0.15, -0.1) is 0 Å². The van der Waals surface area contributed by atoms with Crippen LogP contribution >= 0.6 is 11.3 Å². The SMILES string of the molecule is CCc1cc(C(=O)NS(=O)(=O)c2ccc3c(c2)sc(=O)n3C)on1. The maximum Gasteiger partial charge on any atom is 0.307 e. The molecule has 24 heavy (non-hydrogen) atoms. The predicted molar refractivity (Wildman–Crippen MR) is 87.6 cm³/mol. The molecule has 0 unspecified atom stereocenters. The molecule has 0 atom stereocenters. The third kappa shape index (κ3) is 2.85. The van der Waals surface area contributed by atoms with Gasteiger partial charge in [0.15, 0.2) is 0 Å². The van der Waals surface area contributed by atoms with Gasteiger partial charge < -0.3 is 9.09 Å². The van der Waals surface area contributed by atoms with Gasteiger partial charge in [0, 0.05) is 13.1 Å². The van der Waals surface area contributed by atoms with Crippen molar-refractivity contribution in [1.82, 2.24) is 14.4 Å². The van der Waals surface area contributed by atoms with E-state index in [4.69, 9.17) is 4.52 Å². The molecule has 0 aliphatic carbocycles. The van der Waals surface area contributed by atoms with Crippen molar-refractivity contribution in [2.24, 2.45) is 7.05 Å². The molecule has 0 saturated heterocycles. The number of aromatic nitrogens is 2. The van der Waals surface area contributed by atoms with E-state index in [-0.39, 0.29) is 15.5 Å². The van der Waals surface area contributed by atoms with Gasteiger partial charge in [-0.1, -0.05) is 23.4 Å². The summed E-state index contributed by atoms with van der Waals surface area (Å²) in [7, 11) is -2.49. The predicted octanol–water partition coefficient (Wildman–Crippen LogP) is 1.27. The molecule has 0 saturated carbocycles. The van der Waals surface area contributed by atoms with E-state index in [1.165, 1.54) is 28.8 Å². The van der Waals surface area contributed by atoms with Crippen LogP contribution in [-0.2, 0) is 23.5 Å². The second kappa shape index (κ2) is 5.87.